The monoisotopic (exact) mass is 611 g/mol. The second-order valence-corrected chi connectivity index (χ2v) is 12.6. The number of nitrogens with zero attached hydrogens (tertiary/aromatic N) is 2. The Balaban J connectivity index is 1.45. The van der Waals surface area contributed by atoms with E-state index in [9.17, 15) is 9.90 Å². The van der Waals surface area contributed by atoms with Crippen molar-refractivity contribution in [3.8, 4) is 28.1 Å². The molecule has 1 aromatic heterocycles. The van der Waals surface area contributed by atoms with Gasteiger partial charge in [-0.1, -0.05) is 99.4 Å². The van der Waals surface area contributed by atoms with Crippen LogP contribution in [-0.2, 0) is 16.6 Å². The summed E-state index contributed by atoms with van der Waals surface area (Å²) >= 11 is 12.7. The highest BCUT2D eigenvalue weighted by Crippen LogP contribution is 2.32. The Hall–Kier alpha value is -4.06. The SMILES string of the molecule is CCC(Nc1ccc(-n2cc(-c3ccc(Cl)cc3Cl)nc2Cc2ccc(-c3ccc(C(C)(C)C)cc3)cc2)cc1)C(=O)O. The predicted molar refractivity (Wildman–Crippen MR) is 178 cm³/mol. The van der Waals surface area contributed by atoms with Gasteiger partial charge in [-0.15, -0.1) is 0 Å². The minimum atomic E-state index is -0.874. The molecular weight excluding hydrogens is 577 g/mol. The van der Waals surface area contributed by atoms with E-state index in [0.29, 0.717) is 22.9 Å². The number of aromatic nitrogens is 2. The number of imidazole rings is 1. The van der Waals surface area contributed by atoms with Crippen LogP contribution in [0.4, 0.5) is 5.69 Å². The summed E-state index contributed by atoms with van der Waals surface area (Å²) < 4.78 is 2.05. The molecule has 4 aromatic carbocycles. The van der Waals surface area contributed by atoms with Crippen LogP contribution in [0.15, 0.2) is 97.2 Å². The van der Waals surface area contributed by atoms with Crippen molar-refractivity contribution >= 4 is 34.9 Å². The van der Waals surface area contributed by atoms with Gasteiger partial charge in [0, 0.05) is 34.6 Å². The third kappa shape index (κ3) is 7.12. The standard InChI is InChI=1S/C36H35Cl2N3O2/c1-5-32(35(42)43)39-28-15-17-29(18-16-28)41-22-33(30-19-14-27(37)21-31(30)38)40-34(41)20-23-6-8-24(9-7-23)25-10-12-26(13-11-25)36(2,3)4/h6-19,21-22,32,39H,5,20H2,1-4H3,(H,42,43). The molecule has 0 radical (unpaired) electrons. The molecular formula is C36H35Cl2N3O2. The number of benzene rings is 4. The van der Waals surface area contributed by atoms with Crippen molar-refractivity contribution in [2.24, 2.45) is 0 Å². The fraction of sp³-hybridized carbons (Fsp3) is 0.222. The summed E-state index contributed by atoms with van der Waals surface area (Å²) in [4.78, 5) is 16.5. The molecule has 5 nitrogen and oxygen atoms in total. The molecule has 0 spiro atoms. The fourth-order valence-electron chi connectivity index (χ4n) is 5.01. The van der Waals surface area contributed by atoms with E-state index in [4.69, 9.17) is 28.2 Å². The number of hydrogen-bond donors (Lipinski definition) is 2. The van der Waals surface area contributed by atoms with Crippen LogP contribution in [0.3, 0.4) is 0 Å². The Bertz CT molecular complexity index is 1720. The fourth-order valence-corrected chi connectivity index (χ4v) is 5.52. The summed E-state index contributed by atoms with van der Waals surface area (Å²) in [5.74, 6) is -0.0260. The van der Waals surface area contributed by atoms with Gasteiger partial charge < -0.3 is 15.0 Å². The number of aliphatic carboxylic acids is 1. The van der Waals surface area contributed by atoms with E-state index >= 15 is 0 Å². The lowest BCUT2D eigenvalue weighted by Gasteiger charge is -2.19. The average molecular weight is 613 g/mol. The smallest absolute Gasteiger partial charge is 0.326 e. The van der Waals surface area contributed by atoms with Crippen molar-refractivity contribution in [2.75, 3.05) is 5.32 Å². The Morgan fingerprint density at radius 2 is 1.53 bits per heavy atom. The highest BCUT2D eigenvalue weighted by molar-refractivity contribution is 6.36. The van der Waals surface area contributed by atoms with Crippen molar-refractivity contribution in [1.82, 2.24) is 9.55 Å². The number of carboxylic acids is 1. The van der Waals surface area contributed by atoms with Gasteiger partial charge in [0.2, 0.25) is 0 Å². The topological polar surface area (TPSA) is 67.2 Å². The van der Waals surface area contributed by atoms with E-state index in [1.54, 1.807) is 12.1 Å². The van der Waals surface area contributed by atoms with Gasteiger partial charge in [0.15, 0.2) is 0 Å². The number of halogens is 2. The van der Waals surface area contributed by atoms with Gasteiger partial charge in [-0.2, -0.15) is 0 Å². The summed E-state index contributed by atoms with van der Waals surface area (Å²) in [6.07, 6.45) is 3.06. The molecule has 5 aromatic rings. The molecule has 5 rings (SSSR count). The van der Waals surface area contributed by atoms with E-state index in [1.807, 2.05) is 43.5 Å². The van der Waals surface area contributed by atoms with Gasteiger partial charge in [0.05, 0.1) is 10.7 Å². The molecule has 0 saturated heterocycles. The maximum absolute atomic E-state index is 11.5. The Labute approximate surface area is 263 Å². The van der Waals surface area contributed by atoms with Gasteiger partial charge >= 0.3 is 5.97 Å². The number of anilines is 1. The van der Waals surface area contributed by atoms with Crippen LogP contribution in [0.2, 0.25) is 10.0 Å². The first-order valence-electron chi connectivity index (χ1n) is 14.3. The second-order valence-electron chi connectivity index (χ2n) is 11.7. The van der Waals surface area contributed by atoms with Gasteiger partial charge in [-0.25, -0.2) is 9.78 Å². The summed E-state index contributed by atoms with van der Waals surface area (Å²) in [6.45, 7) is 8.51. The molecule has 43 heavy (non-hydrogen) atoms. The van der Waals surface area contributed by atoms with Gasteiger partial charge in [0.1, 0.15) is 11.9 Å². The van der Waals surface area contributed by atoms with E-state index in [1.165, 1.54) is 11.1 Å². The van der Waals surface area contributed by atoms with Gasteiger partial charge in [0.25, 0.3) is 0 Å². The first-order chi connectivity index (χ1) is 20.5. The van der Waals surface area contributed by atoms with Crippen LogP contribution in [0.25, 0.3) is 28.1 Å². The second kappa shape index (κ2) is 12.7. The molecule has 0 amide bonds. The number of carboxylic acid groups (broad SMARTS) is 1. The van der Waals surface area contributed by atoms with Crippen molar-refractivity contribution in [2.45, 2.75) is 52.0 Å². The molecule has 7 heteroatoms. The van der Waals surface area contributed by atoms with Crippen molar-refractivity contribution in [1.29, 1.82) is 0 Å². The molecule has 220 valence electrons. The molecule has 0 aliphatic carbocycles. The number of carbonyl (C=O) groups is 1. The highest BCUT2D eigenvalue weighted by Gasteiger charge is 2.17. The maximum Gasteiger partial charge on any atom is 0.326 e. The molecule has 0 fully saturated rings. The first-order valence-corrected chi connectivity index (χ1v) is 15.1. The minimum absolute atomic E-state index is 0.118. The predicted octanol–water partition coefficient (Wildman–Crippen LogP) is 9.68. The zero-order valence-electron chi connectivity index (χ0n) is 24.7. The minimum Gasteiger partial charge on any atom is -0.480 e. The Morgan fingerprint density at radius 1 is 0.907 bits per heavy atom. The molecule has 0 aliphatic heterocycles. The van der Waals surface area contributed by atoms with E-state index in [0.717, 1.165) is 39.6 Å². The molecule has 0 saturated carbocycles. The third-order valence-electron chi connectivity index (χ3n) is 7.58. The maximum atomic E-state index is 11.5. The third-order valence-corrected chi connectivity index (χ3v) is 8.13. The molecule has 2 N–H and O–H groups in total. The lowest BCUT2D eigenvalue weighted by atomic mass is 9.86. The van der Waals surface area contributed by atoms with Crippen molar-refractivity contribution in [3.05, 3.63) is 124 Å². The van der Waals surface area contributed by atoms with E-state index in [-0.39, 0.29) is 5.41 Å². The van der Waals surface area contributed by atoms with E-state index < -0.39 is 12.0 Å². The number of hydrogen-bond acceptors (Lipinski definition) is 3. The van der Waals surface area contributed by atoms with Crippen LogP contribution < -0.4 is 5.32 Å². The molecule has 0 bridgehead atoms. The largest absolute Gasteiger partial charge is 0.480 e. The van der Waals surface area contributed by atoms with Crippen molar-refractivity contribution < 1.29 is 9.90 Å². The van der Waals surface area contributed by atoms with Crippen LogP contribution >= 0.6 is 23.2 Å². The first kappa shape index (κ1) is 30.4. The van der Waals surface area contributed by atoms with Gasteiger partial charge in [-0.05, 0) is 76.6 Å². The Morgan fingerprint density at radius 3 is 2.09 bits per heavy atom. The highest BCUT2D eigenvalue weighted by atomic mass is 35.5. The summed E-state index contributed by atoms with van der Waals surface area (Å²) in [6, 6.07) is 29.8. The van der Waals surface area contributed by atoms with Gasteiger partial charge in [-0.3, -0.25) is 0 Å². The van der Waals surface area contributed by atoms with Crippen molar-refractivity contribution in [3.63, 3.8) is 0 Å². The summed E-state index contributed by atoms with van der Waals surface area (Å²) in [7, 11) is 0. The molecule has 0 aliphatic rings. The average Bonchev–Trinajstić information content (AvgIpc) is 3.39. The van der Waals surface area contributed by atoms with Crippen LogP contribution in [0, 0.1) is 0 Å². The molecule has 1 unspecified atom stereocenters. The lowest BCUT2D eigenvalue weighted by molar-refractivity contribution is -0.137. The number of nitrogens with one attached hydrogen (secondary N) is 1. The zero-order chi connectivity index (χ0) is 30.7. The Kier molecular flexibility index (Phi) is 8.95. The summed E-state index contributed by atoms with van der Waals surface area (Å²) in [5.41, 5.74) is 8.09. The molecule has 1 heterocycles. The van der Waals surface area contributed by atoms with Crippen LogP contribution in [0.1, 0.15) is 51.1 Å². The van der Waals surface area contributed by atoms with E-state index in [2.05, 4.69) is 79.2 Å². The normalized spacial score (nSPS) is 12.2. The van der Waals surface area contributed by atoms with Crippen LogP contribution in [-0.4, -0.2) is 26.7 Å². The quantitative estimate of drug-likeness (QED) is 0.174. The zero-order valence-corrected chi connectivity index (χ0v) is 26.2. The number of rotatable bonds is 9. The lowest BCUT2D eigenvalue weighted by Crippen LogP contribution is -2.28. The summed E-state index contributed by atoms with van der Waals surface area (Å²) in [5, 5.41) is 13.6. The molecule has 1 atom stereocenters. The van der Waals surface area contributed by atoms with Crippen LogP contribution in [0.5, 0.6) is 0 Å².